The van der Waals surface area contributed by atoms with Crippen LogP contribution in [0.25, 0.3) is 0 Å². The van der Waals surface area contributed by atoms with Crippen LogP contribution in [-0.4, -0.2) is 50.9 Å². The number of carbonyl (C=O) groups is 2. The fourth-order valence-electron chi connectivity index (χ4n) is 1.72. The zero-order valence-corrected chi connectivity index (χ0v) is 14.6. The summed E-state index contributed by atoms with van der Waals surface area (Å²) < 4.78 is 23.3. The molecule has 22 heavy (non-hydrogen) atoms. The number of rotatable bonds is 9. The Labute approximate surface area is 138 Å². The maximum atomic E-state index is 11.7. The van der Waals surface area contributed by atoms with E-state index in [0.717, 1.165) is 12.8 Å². The van der Waals surface area contributed by atoms with Crippen molar-refractivity contribution >= 4 is 34.1 Å². The van der Waals surface area contributed by atoms with Crippen molar-refractivity contribution in [1.29, 1.82) is 0 Å². The first-order chi connectivity index (χ1) is 9.71. The average molecular weight is 356 g/mol. The fraction of sp³-hybridized carbons (Fsp3) is 0.846. The third kappa shape index (κ3) is 8.55. The molecule has 0 bridgehead atoms. The number of hydrogen-bond acceptors (Lipinski definition) is 5. The van der Waals surface area contributed by atoms with Gasteiger partial charge in [-0.05, 0) is 24.7 Å². The summed E-state index contributed by atoms with van der Waals surface area (Å²) in [5.41, 5.74) is 5.63. The van der Waals surface area contributed by atoms with Crippen LogP contribution in [0.5, 0.6) is 0 Å². The number of halogens is 1. The number of nitrogens with one attached hydrogen (secondary N) is 2. The minimum Gasteiger partial charge on any atom is -0.354 e. The van der Waals surface area contributed by atoms with Crippen molar-refractivity contribution in [3.05, 3.63) is 0 Å². The van der Waals surface area contributed by atoms with Gasteiger partial charge in [0.1, 0.15) is 0 Å². The number of carbonyl (C=O) groups excluding carboxylic acids is 2. The van der Waals surface area contributed by atoms with E-state index in [4.69, 9.17) is 5.73 Å². The topological polar surface area (TPSA) is 118 Å². The molecule has 7 nitrogen and oxygen atoms in total. The number of amides is 2. The van der Waals surface area contributed by atoms with Gasteiger partial charge in [-0.15, -0.1) is 12.4 Å². The SMILES string of the molecule is CC(C)[C@H](N)C(=O)NCC(=O)NCCS(=O)(=O)CC1CC1.Cl. The molecular formula is C13H26ClN3O4S. The molecule has 0 aromatic carbocycles. The first-order valence-electron chi connectivity index (χ1n) is 7.21. The molecule has 0 aromatic rings. The summed E-state index contributed by atoms with van der Waals surface area (Å²) in [6.07, 6.45) is 1.96. The molecule has 1 aliphatic carbocycles. The minimum atomic E-state index is -3.09. The molecule has 1 atom stereocenters. The van der Waals surface area contributed by atoms with Crippen LogP contribution in [0.3, 0.4) is 0 Å². The molecule has 0 aliphatic heterocycles. The van der Waals surface area contributed by atoms with Crippen molar-refractivity contribution in [2.24, 2.45) is 17.6 Å². The second kappa shape index (κ2) is 9.32. The van der Waals surface area contributed by atoms with Crippen LogP contribution in [0, 0.1) is 11.8 Å². The molecule has 1 fully saturated rings. The molecule has 2 amide bonds. The van der Waals surface area contributed by atoms with Crippen LogP contribution in [-0.2, 0) is 19.4 Å². The van der Waals surface area contributed by atoms with E-state index in [2.05, 4.69) is 10.6 Å². The largest absolute Gasteiger partial charge is 0.354 e. The summed E-state index contributed by atoms with van der Waals surface area (Å²) in [7, 11) is -3.09. The maximum Gasteiger partial charge on any atom is 0.239 e. The summed E-state index contributed by atoms with van der Waals surface area (Å²) in [4.78, 5) is 23.0. The minimum absolute atomic E-state index is 0. The van der Waals surface area contributed by atoms with Gasteiger partial charge in [0.2, 0.25) is 11.8 Å². The van der Waals surface area contributed by atoms with Gasteiger partial charge in [0.15, 0.2) is 9.84 Å². The Kier molecular flexibility index (Phi) is 8.95. The molecule has 9 heteroatoms. The standard InChI is InChI=1S/C13H25N3O4S.ClH/c1-9(2)12(14)13(18)16-7-11(17)15-5-6-21(19,20)8-10-3-4-10;/h9-10,12H,3-8,14H2,1-2H3,(H,15,17)(H,16,18);1H/t12-;/m0./s1. The smallest absolute Gasteiger partial charge is 0.239 e. The Morgan fingerprint density at radius 1 is 1.23 bits per heavy atom. The average Bonchev–Trinajstić information content (AvgIpc) is 3.17. The second-order valence-corrected chi connectivity index (χ2v) is 8.12. The lowest BCUT2D eigenvalue weighted by atomic mass is 10.1. The van der Waals surface area contributed by atoms with Gasteiger partial charge in [-0.2, -0.15) is 0 Å². The van der Waals surface area contributed by atoms with Gasteiger partial charge in [-0.3, -0.25) is 9.59 Å². The van der Waals surface area contributed by atoms with Gasteiger partial charge in [-0.25, -0.2) is 8.42 Å². The fourth-order valence-corrected chi connectivity index (χ4v) is 3.35. The number of nitrogens with two attached hydrogens (primary N) is 1. The van der Waals surface area contributed by atoms with Crippen molar-refractivity contribution in [3.63, 3.8) is 0 Å². The molecule has 0 radical (unpaired) electrons. The van der Waals surface area contributed by atoms with Crippen LogP contribution >= 0.6 is 12.4 Å². The Morgan fingerprint density at radius 2 is 1.82 bits per heavy atom. The Balaban J connectivity index is 0.00000441. The van der Waals surface area contributed by atoms with Crippen molar-refractivity contribution in [3.8, 4) is 0 Å². The number of sulfone groups is 1. The Bertz CT molecular complexity index is 478. The molecule has 0 saturated heterocycles. The van der Waals surface area contributed by atoms with Gasteiger partial charge in [-0.1, -0.05) is 13.8 Å². The van der Waals surface area contributed by atoms with Gasteiger partial charge in [0.25, 0.3) is 0 Å². The van der Waals surface area contributed by atoms with E-state index in [9.17, 15) is 18.0 Å². The quantitative estimate of drug-likeness (QED) is 0.512. The van der Waals surface area contributed by atoms with Crippen molar-refractivity contribution in [2.45, 2.75) is 32.7 Å². The molecular weight excluding hydrogens is 330 g/mol. The number of hydrogen-bond donors (Lipinski definition) is 3. The molecule has 0 aromatic heterocycles. The van der Waals surface area contributed by atoms with Crippen LogP contribution in [0.4, 0.5) is 0 Å². The zero-order valence-electron chi connectivity index (χ0n) is 13.0. The first-order valence-corrected chi connectivity index (χ1v) is 9.04. The highest BCUT2D eigenvalue weighted by atomic mass is 35.5. The molecule has 0 spiro atoms. The van der Waals surface area contributed by atoms with Gasteiger partial charge in [0.05, 0.1) is 24.1 Å². The summed E-state index contributed by atoms with van der Waals surface area (Å²) in [6, 6.07) is -0.656. The monoisotopic (exact) mass is 355 g/mol. The highest BCUT2D eigenvalue weighted by Gasteiger charge is 2.27. The van der Waals surface area contributed by atoms with E-state index in [1.165, 1.54) is 0 Å². The van der Waals surface area contributed by atoms with E-state index >= 15 is 0 Å². The molecule has 1 aliphatic rings. The summed E-state index contributed by atoms with van der Waals surface area (Å²) in [5, 5.41) is 4.91. The third-order valence-corrected chi connectivity index (χ3v) is 5.17. The highest BCUT2D eigenvalue weighted by molar-refractivity contribution is 7.91. The van der Waals surface area contributed by atoms with Crippen LogP contribution in [0.2, 0.25) is 0 Å². The lowest BCUT2D eigenvalue weighted by Gasteiger charge is -2.15. The van der Waals surface area contributed by atoms with Crippen molar-refractivity contribution in [2.75, 3.05) is 24.6 Å². The van der Waals surface area contributed by atoms with E-state index in [1.54, 1.807) is 0 Å². The predicted octanol–water partition coefficient (Wildman–Crippen LogP) is -0.551. The highest BCUT2D eigenvalue weighted by Crippen LogP contribution is 2.30. The molecule has 1 rings (SSSR count). The summed E-state index contributed by atoms with van der Waals surface area (Å²) in [6.45, 7) is 3.51. The lowest BCUT2D eigenvalue weighted by molar-refractivity contribution is -0.127. The molecule has 0 heterocycles. The van der Waals surface area contributed by atoms with Gasteiger partial charge < -0.3 is 16.4 Å². The molecule has 4 N–H and O–H groups in total. The van der Waals surface area contributed by atoms with Gasteiger partial charge in [0, 0.05) is 6.54 Å². The molecule has 0 unspecified atom stereocenters. The van der Waals surface area contributed by atoms with E-state index in [1.807, 2.05) is 13.8 Å². The summed E-state index contributed by atoms with van der Waals surface area (Å²) >= 11 is 0. The van der Waals surface area contributed by atoms with Crippen LogP contribution < -0.4 is 16.4 Å². The Morgan fingerprint density at radius 3 is 2.32 bits per heavy atom. The van der Waals surface area contributed by atoms with Crippen molar-refractivity contribution in [1.82, 2.24) is 10.6 Å². The zero-order chi connectivity index (χ0) is 16.0. The van der Waals surface area contributed by atoms with Crippen LogP contribution in [0.15, 0.2) is 0 Å². The Hall–Kier alpha value is -0.860. The maximum absolute atomic E-state index is 11.7. The predicted molar refractivity (Wildman–Crippen MR) is 87.5 cm³/mol. The van der Waals surface area contributed by atoms with E-state index in [0.29, 0.717) is 5.92 Å². The second-order valence-electron chi connectivity index (χ2n) is 5.90. The van der Waals surface area contributed by atoms with E-state index < -0.39 is 21.8 Å². The third-order valence-electron chi connectivity index (χ3n) is 3.37. The van der Waals surface area contributed by atoms with E-state index in [-0.39, 0.29) is 48.8 Å². The molecule has 1 saturated carbocycles. The van der Waals surface area contributed by atoms with Gasteiger partial charge >= 0.3 is 0 Å². The normalized spacial score (nSPS) is 15.8. The lowest BCUT2D eigenvalue weighted by Crippen LogP contribution is -2.47. The van der Waals surface area contributed by atoms with Crippen molar-refractivity contribution < 1.29 is 18.0 Å². The first kappa shape index (κ1) is 21.1. The molecule has 130 valence electrons. The summed E-state index contributed by atoms with van der Waals surface area (Å²) in [5.74, 6) is -0.358. The van der Waals surface area contributed by atoms with Crippen LogP contribution in [0.1, 0.15) is 26.7 Å².